The Bertz CT molecular complexity index is 973. The normalized spacial score (nSPS) is 15.9. The fourth-order valence-corrected chi connectivity index (χ4v) is 3.42. The number of benzene rings is 1. The Morgan fingerprint density at radius 3 is 2.54 bits per heavy atom. The number of carbonyl (C=O) groups is 1. The predicted molar refractivity (Wildman–Crippen MR) is 98.7 cm³/mol. The lowest BCUT2D eigenvalue weighted by Crippen LogP contribution is -2.48. The van der Waals surface area contributed by atoms with Crippen LogP contribution in [0.15, 0.2) is 48.8 Å². The monoisotopic (exact) mass is 388 g/mol. The number of hydrogen-bond acceptors (Lipinski definition) is 3. The number of piperazine rings is 1. The van der Waals surface area contributed by atoms with Gasteiger partial charge in [0.05, 0.1) is 0 Å². The van der Waals surface area contributed by atoms with Crippen LogP contribution in [0.4, 0.5) is 13.2 Å². The summed E-state index contributed by atoms with van der Waals surface area (Å²) in [5, 5.41) is 1.06. The summed E-state index contributed by atoms with van der Waals surface area (Å²) in [5.41, 5.74) is 1.42. The molecule has 1 fully saturated rings. The van der Waals surface area contributed by atoms with Crippen LogP contribution in [0.5, 0.6) is 0 Å². The van der Waals surface area contributed by atoms with Crippen molar-refractivity contribution >= 4 is 16.8 Å². The van der Waals surface area contributed by atoms with Crippen LogP contribution in [0.3, 0.4) is 0 Å². The van der Waals surface area contributed by atoms with Crippen LogP contribution in [0.2, 0.25) is 0 Å². The molecule has 1 aromatic carbocycles. The summed E-state index contributed by atoms with van der Waals surface area (Å²) in [6.07, 6.45) is -1.31. The van der Waals surface area contributed by atoms with Crippen LogP contribution < -0.4 is 0 Å². The van der Waals surface area contributed by atoms with Gasteiger partial charge in [-0.3, -0.25) is 14.7 Å². The van der Waals surface area contributed by atoms with Crippen molar-refractivity contribution in [1.29, 1.82) is 0 Å². The van der Waals surface area contributed by atoms with E-state index in [0.29, 0.717) is 38.3 Å². The average Bonchev–Trinajstić information content (AvgIpc) is 3.15. The Balaban J connectivity index is 1.34. The van der Waals surface area contributed by atoms with Gasteiger partial charge in [-0.2, -0.15) is 13.2 Å². The molecule has 0 aliphatic carbocycles. The SMILES string of the molecule is O=C(c1ccc2cc[nH]c2c1)N1CCN(Cc2ccc(C(F)(F)F)nc2)CC1. The molecule has 0 bridgehead atoms. The van der Waals surface area contributed by atoms with Crippen molar-refractivity contribution in [3.8, 4) is 0 Å². The summed E-state index contributed by atoms with van der Waals surface area (Å²) in [6.45, 7) is 3.00. The molecule has 1 amide bonds. The van der Waals surface area contributed by atoms with Gasteiger partial charge in [0, 0.05) is 56.2 Å². The number of nitrogens with one attached hydrogen (secondary N) is 1. The van der Waals surface area contributed by atoms with Gasteiger partial charge in [-0.1, -0.05) is 12.1 Å². The first-order valence-electron chi connectivity index (χ1n) is 9.01. The van der Waals surface area contributed by atoms with E-state index in [1.54, 1.807) is 0 Å². The molecule has 4 rings (SSSR count). The Kier molecular flexibility index (Phi) is 4.80. The molecule has 0 spiro atoms. The van der Waals surface area contributed by atoms with Crippen LogP contribution in [0.25, 0.3) is 10.9 Å². The maximum atomic E-state index is 12.7. The molecule has 146 valence electrons. The zero-order valence-corrected chi connectivity index (χ0v) is 15.0. The summed E-state index contributed by atoms with van der Waals surface area (Å²) in [7, 11) is 0. The summed E-state index contributed by atoms with van der Waals surface area (Å²) < 4.78 is 37.8. The van der Waals surface area contributed by atoms with E-state index in [2.05, 4.69) is 14.9 Å². The second kappa shape index (κ2) is 7.27. The molecule has 3 aromatic rings. The standard InChI is InChI=1S/C20H19F3N4O/c21-20(22,23)18-4-1-14(12-25-18)13-26-7-9-27(10-8-26)19(28)16-3-2-15-5-6-24-17(15)11-16/h1-6,11-12,24H,7-10,13H2. The number of amides is 1. The minimum absolute atomic E-state index is 0.00709. The number of H-pyrrole nitrogens is 1. The molecule has 1 saturated heterocycles. The van der Waals surface area contributed by atoms with Gasteiger partial charge in [-0.25, -0.2) is 0 Å². The molecule has 1 aliphatic rings. The third-order valence-electron chi connectivity index (χ3n) is 4.98. The largest absolute Gasteiger partial charge is 0.433 e. The molecular weight excluding hydrogens is 369 g/mol. The topological polar surface area (TPSA) is 52.2 Å². The molecule has 0 atom stereocenters. The lowest BCUT2D eigenvalue weighted by molar-refractivity contribution is -0.141. The lowest BCUT2D eigenvalue weighted by Gasteiger charge is -2.34. The molecule has 2 aromatic heterocycles. The van der Waals surface area contributed by atoms with E-state index >= 15 is 0 Å². The van der Waals surface area contributed by atoms with Crippen molar-refractivity contribution in [2.75, 3.05) is 26.2 Å². The van der Waals surface area contributed by atoms with Gasteiger partial charge >= 0.3 is 6.18 Å². The first-order valence-corrected chi connectivity index (χ1v) is 9.01. The summed E-state index contributed by atoms with van der Waals surface area (Å²) in [5.74, 6) is -0.00709. The van der Waals surface area contributed by atoms with Crippen molar-refractivity contribution in [3.63, 3.8) is 0 Å². The minimum atomic E-state index is -4.42. The average molecular weight is 388 g/mol. The number of aromatic nitrogens is 2. The van der Waals surface area contributed by atoms with Gasteiger partial charge in [-0.05, 0) is 35.2 Å². The second-order valence-corrected chi connectivity index (χ2v) is 6.90. The number of nitrogens with zero attached hydrogens (tertiary/aromatic N) is 3. The second-order valence-electron chi connectivity index (χ2n) is 6.90. The van der Waals surface area contributed by atoms with Crippen molar-refractivity contribution < 1.29 is 18.0 Å². The van der Waals surface area contributed by atoms with Gasteiger partial charge in [0.1, 0.15) is 5.69 Å². The molecule has 5 nitrogen and oxygen atoms in total. The van der Waals surface area contributed by atoms with Gasteiger partial charge in [0.2, 0.25) is 0 Å². The van der Waals surface area contributed by atoms with E-state index < -0.39 is 11.9 Å². The van der Waals surface area contributed by atoms with Gasteiger partial charge < -0.3 is 9.88 Å². The molecule has 3 heterocycles. The van der Waals surface area contributed by atoms with E-state index in [1.165, 1.54) is 12.3 Å². The van der Waals surface area contributed by atoms with Crippen LogP contribution >= 0.6 is 0 Å². The smallest absolute Gasteiger partial charge is 0.361 e. The summed E-state index contributed by atoms with van der Waals surface area (Å²) >= 11 is 0. The first kappa shape index (κ1) is 18.5. The number of aromatic amines is 1. The van der Waals surface area contributed by atoms with E-state index in [4.69, 9.17) is 0 Å². The van der Waals surface area contributed by atoms with Gasteiger partial charge in [0.15, 0.2) is 0 Å². The fourth-order valence-electron chi connectivity index (χ4n) is 3.42. The van der Waals surface area contributed by atoms with Crippen molar-refractivity contribution in [3.05, 3.63) is 65.6 Å². The van der Waals surface area contributed by atoms with E-state index in [-0.39, 0.29) is 5.91 Å². The zero-order chi connectivity index (χ0) is 19.7. The Labute approximate surface area is 159 Å². The highest BCUT2D eigenvalue weighted by molar-refractivity contribution is 5.98. The predicted octanol–water partition coefficient (Wildman–Crippen LogP) is 3.54. The van der Waals surface area contributed by atoms with Crippen molar-refractivity contribution in [2.45, 2.75) is 12.7 Å². The van der Waals surface area contributed by atoms with E-state index in [0.717, 1.165) is 22.5 Å². The Morgan fingerprint density at radius 1 is 1.07 bits per heavy atom. The van der Waals surface area contributed by atoms with Crippen molar-refractivity contribution in [2.24, 2.45) is 0 Å². The molecule has 8 heteroatoms. The molecule has 0 radical (unpaired) electrons. The molecule has 0 saturated carbocycles. The molecule has 0 unspecified atom stereocenters. The highest BCUT2D eigenvalue weighted by atomic mass is 19.4. The van der Waals surface area contributed by atoms with Gasteiger partial charge in [0.25, 0.3) is 5.91 Å². The minimum Gasteiger partial charge on any atom is -0.361 e. The fraction of sp³-hybridized carbons (Fsp3) is 0.300. The van der Waals surface area contributed by atoms with Crippen LogP contribution in [0.1, 0.15) is 21.6 Å². The maximum Gasteiger partial charge on any atom is 0.433 e. The van der Waals surface area contributed by atoms with Gasteiger partial charge in [-0.15, -0.1) is 0 Å². The number of rotatable bonds is 3. The highest BCUT2D eigenvalue weighted by Crippen LogP contribution is 2.27. The number of hydrogen-bond donors (Lipinski definition) is 1. The molecule has 1 aliphatic heterocycles. The molecule has 1 N–H and O–H groups in total. The number of pyridine rings is 1. The van der Waals surface area contributed by atoms with E-state index in [9.17, 15) is 18.0 Å². The number of carbonyl (C=O) groups excluding carboxylic acids is 1. The van der Waals surface area contributed by atoms with E-state index in [1.807, 2.05) is 35.4 Å². The summed E-state index contributed by atoms with van der Waals surface area (Å²) in [4.78, 5) is 23.3. The summed E-state index contributed by atoms with van der Waals surface area (Å²) in [6, 6.07) is 10.0. The number of fused-ring (bicyclic) bond motifs is 1. The van der Waals surface area contributed by atoms with Crippen molar-refractivity contribution in [1.82, 2.24) is 19.8 Å². The van der Waals surface area contributed by atoms with Crippen LogP contribution in [-0.4, -0.2) is 51.9 Å². The Hall–Kier alpha value is -2.87. The molecule has 28 heavy (non-hydrogen) atoms. The number of halogens is 3. The first-order chi connectivity index (χ1) is 13.4. The quantitative estimate of drug-likeness (QED) is 0.747. The van der Waals surface area contributed by atoms with Crippen LogP contribution in [0, 0.1) is 0 Å². The molecular formula is C20H19F3N4O. The van der Waals surface area contributed by atoms with Crippen LogP contribution in [-0.2, 0) is 12.7 Å². The number of alkyl halides is 3. The third kappa shape index (κ3) is 3.87. The lowest BCUT2D eigenvalue weighted by atomic mass is 10.1. The Morgan fingerprint density at radius 2 is 1.86 bits per heavy atom. The zero-order valence-electron chi connectivity index (χ0n) is 15.0. The highest BCUT2D eigenvalue weighted by Gasteiger charge is 2.32. The third-order valence-corrected chi connectivity index (χ3v) is 4.98. The maximum absolute atomic E-state index is 12.7.